The van der Waals surface area contributed by atoms with E-state index in [1.54, 1.807) is 38.3 Å². The smallest absolute Gasteiger partial charge is 0.313 e. The minimum Gasteiger partial charge on any atom is -0.497 e. The van der Waals surface area contributed by atoms with Gasteiger partial charge in [-0.05, 0) is 31.2 Å². The predicted molar refractivity (Wildman–Crippen MR) is 74.0 cm³/mol. The van der Waals surface area contributed by atoms with Crippen molar-refractivity contribution in [2.75, 3.05) is 14.2 Å². The van der Waals surface area contributed by atoms with Gasteiger partial charge < -0.3 is 9.47 Å². The van der Waals surface area contributed by atoms with Gasteiger partial charge in [0.2, 0.25) is 0 Å². The van der Waals surface area contributed by atoms with Crippen LogP contribution < -0.4 is 4.74 Å². The molecule has 0 aliphatic carbocycles. The summed E-state index contributed by atoms with van der Waals surface area (Å²) in [7, 11) is 2.81. The first-order valence-electron chi connectivity index (χ1n) is 6.10. The van der Waals surface area contributed by atoms with Crippen molar-refractivity contribution in [2.45, 2.75) is 13.3 Å². The van der Waals surface area contributed by atoms with Gasteiger partial charge in [0.1, 0.15) is 12.2 Å². The highest BCUT2D eigenvalue weighted by atomic mass is 16.5. The quantitative estimate of drug-likeness (QED) is 0.486. The number of pyridine rings is 1. The highest BCUT2D eigenvalue weighted by molar-refractivity contribution is 6.13. The Labute approximate surface area is 116 Å². The molecule has 2 aromatic rings. The number of esters is 1. The minimum atomic E-state index is -0.555. The van der Waals surface area contributed by atoms with E-state index in [1.165, 1.54) is 7.11 Å². The molecule has 0 saturated carbocycles. The van der Waals surface area contributed by atoms with Crippen LogP contribution in [0.4, 0.5) is 0 Å². The highest BCUT2D eigenvalue weighted by Crippen LogP contribution is 2.24. The van der Waals surface area contributed by atoms with Gasteiger partial charge in [0, 0.05) is 16.6 Å². The van der Waals surface area contributed by atoms with E-state index >= 15 is 0 Å². The molecule has 1 aromatic carbocycles. The lowest BCUT2D eigenvalue weighted by Crippen LogP contribution is -2.10. The molecule has 0 amide bonds. The van der Waals surface area contributed by atoms with Crippen LogP contribution in [0.25, 0.3) is 10.9 Å². The zero-order chi connectivity index (χ0) is 14.7. The number of aromatic nitrogens is 1. The van der Waals surface area contributed by atoms with Crippen LogP contribution in [0.3, 0.4) is 0 Å². The van der Waals surface area contributed by atoms with Gasteiger partial charge in [-0.2, -0.15) is 0 Å². The van der Waals surface area contributed by atoms with E-state index in [9.17, 15) is 9.59 Å². The van der Waals surface area contributed by atoms with Crippen LogP contribution in [0.2, 0.25) is 0 Å². The lowest BCUT2D eigenvalue weighted by atomic mass is 10.0. The third-order valence-electron chi connectivity index (χ3n) is 2.98. The summed E-state index contributed by atoms with van der Waals surface area (Å²) < 4.78 is 9.69. The maximum atomic E-state index is 12.2. The second kappa shape index (κ2) is 5.69. The third-order valence-corrected chi connectivity index (χ3v) is 2.98. The highest BCUT2D eigenvalue weighted by Gasteiger charge is 2.16. The number of carbonyl (C=O) groups is 2. The second-order valence-electron chi connectivity index (χ2n) is 4.37. The Morgan fingerprint density at radius 3 is 2.60 bits per heavy atom. The van der Waals surface area contributed by atoms with Gasteiger partial charge in [0.05, 0.1) is 19.7 Å². The van der Waals surface area contributed by atoms with Gasteiger partial charge >= 0.3 is 5.97 Å². The molecule has 5 heteroatoms. The molecular weight excluding hydrogens is 258 g/mol. The number of ketones is 1. The Kier molecular flexibility index (Phi) is 3.98. The molecule has 0 spiro atoms. The Morgan fingerprint density at radius 1 is 1.20 bits per heavy atom. The molecule has 1 heterocycles. The van der Waals surface area contributed by atoms with E-state index in [1.807, 2.05) is 0 Å². The molecule has 0 radical (unpaired) electrons. The number of rotatable bonds is 4. The molecule has 0 N–H and O–H groups in total. The number of hydrogen-bond acceptors (Lipinski definition) is 5. The van der Waals surface area contributed by atoms with Crippen molar-refractivity contribution < 1.29 is 19.1 Å². The molecule has 0 aliphatic rings. The first kappa shape index (κ1) is 14.0. The Morgan fingerprint density at radius 2 is 1.95 bits per heavy atom. The lowest BCUT2D eigenvalue weighted by molar-refractivity contribution is -0.139. The van der Waals surface area contributed by atoms with Crippen molar-refractivity contribution in [2.24, 2.45) is 0 Å². The molecule has 5 nitrogen and oxygen atoms in total. The summed E-state index contributed by atoms with van der Waals surface area (Å²) in [6.07, 6.45) is -0.285. The predicted octanol–water partition coefficient (Wildman–Crippen LogP) is 2.30. The number of benzene rings is 1. The average molecular weight is 273 g/mol. The zero-order valence-corrected chi connectivity index (χ0v) is 11.6. The van der Waals surface area contributed by atoms with Gasteiger partial charge in [0.15, 0.2) is 5.78 Å². The molecule has 2 rings (SSSR count). The van der Waals surface area contributed by atoms with Crippen LogP contribution in [-0.4, -0.2) is 31.0 Å². The summed E-state index contributed by atoms with van der Waals surface area (Å²) in [5.41, 5.74) is 1.87. The Bertz CT molecular complexity index is 679. The minimum absolute atomic E-state index is 0.285. The monoisotopic (exact) mass is 273 g/mol. The Hall–Kier alpha value is -2.43. The van der Waals surface area contributed by atoms with Crippen molar-refractivity contribution >= 4 is 22.7 Å². The average Bonchev–Trinajstić information content (AvgIpc) is 2.45. The molecule has 0 aliphatic heterocycles. The number of Topliss-reactive ketones (excluding diaryl/α,β-unsaturated/α-hetero) is 1. The van der Waals surface area contributed by atoms with Gasteiger partial charge in [-0.25, -0.2) is 0 Å². The first-order chi connectivity index (χ1) is 9.55. The topological polar surface area (TPSA) is 65.5 Å². The fraction of sp³-hybridized carbons (Fsp3) is 0.267. The van der Waals surface area contributed by atoms with Crippen molar-refractivity contribution in [1.29, 1.82) is 0 Å². The fourth-order valence-electron chi connectivity index (χ4n) is 1.99. The van der Waals surface area contributed by atoms with Crippen LogP contribution in [0.1, 0.15) is 22.5 Å². The summed E-state index contributed by atoms with van der Waals surface area (Å²) >= 11 is 0. The van der Waals surface area contributed by atoms with Crippen molar-refractivity contribution in [3.63, 3.8) is 0 Å². The Balaban J connectivity index is 2.55. The van der Waals surface area contributed by atoms with Crippen LogP contribution in [-0.2, 0) is 9.53 Å². The van der Waals surface area contributed by atoms with Gasteiger partial charge in [-0.1, -0.05) is 0 Å². The number of methoxy groups -OCH3 is 2. The van der Waals surface area contributed by atoms with E-state index < -0.39 is 5.97 Å². The SMILES string of the molecule is COC(=O)CC(=O)c1cc(C)nc2ccc(OC)cc12. The summed E-state index contributed by atoms with van der Waals surface area (Å²) in [5, 5.41) is 0.670. The number of aryl methyl sites for hydroxylation is 1. The lowest BCUT2D eigenvalue weighted by Gasteiger charge is -2.08. The molecule has 0 atom stereocenters. The molecule has 0 fully saturated rings. The first-order valence-corrected chi connectivity index (χ1v) is 6.10. The van der Waals surface area contributed by atoms with Gasteiger partial charge in [-0.3, -0.25) is 14.6 Å². The van der Waals surface area contributed by atoms with E-state index in [0.717, 1.165) is 5.69 Å². The van der Waals surface area contributed by atoms with Crippen molar-refractivity contribution in [1.82, 2.24) is 4.98 Å². The summed E-state index contributed by atoms with van der Waals surface area (Å²) in [6, 6.07) is 6.98. The normalized spacial score (nSPS) is 10.3. The molecule has 20 heavy (non-hydrogen) atoms. The number of nitrogens with zero attached hydrogens (tertiary/aromatic N) is 1. The second-order valence-corrected chi connectivity index (χ2v) is 4.37. The van der Waals surface area contributed by atoms with Crippen molar-refractivity contribution in [3.05, 3.63) is 35.5 Å². The third kappa shape index (κ3) is 2.77. The van der Waals surface area contributed by atoms with Crippen molar-refractivity contribution in [3.8, 4) is 5.75 Å². The number of carbonyl (C=O) groups excluding carboxylic acids is 2. The summed E-state index contributed by atoms with van der Waals surface area (Å²) in [4.78, 5) is 27.8. The van der Waals surface area contributed by atoms with E-state index in [2.05, 4.69) is 9.72 Å². The largest absolute Gasteiger partial charge is 0.497 e. The van der Waals surface area contributed by atoms with Gasteiger partial charge in [0.25, 0.3) is 0 Å². The van der Waals surface area contributed by atoms with Gasteiger partial charge in [-0.15, -0.1) is 0 Å². The zero-order valence-electron chi connectivity index (χ0n) is 11.6. The standard InChI is InChI=1S/C15H15NO4/c1-9-6-12(14(17)8-15(18)20-3)11-7-10(19-2)4-5-13(11)16-9/h4-7H,8H2,1-3H3. The maximum Gasteiger partial charge on any atom is 0.313 e. The molecule has 0 saturated heterocycles. The van der Waals surface area contributed by atoms with Crippen LogP contribution >= 0.6 is 0 Å². The fourth-order valence-corrected chi connectivity index (χ4v) is 1.99. The number of ether oxygens (including phenoxy) is 2. The number of fused-ring (bicyclic) bond motifs is 1. The maximum absolute atomic E-state index is 12.2. The molecule has 104 valence electrons. The number of hydrogen-bond donors (Lipinski definition) is 0. The summed E-state index contributed by atoms with van der Waals surface area (Å²) in [5.74, 6) is -0.212. The van der Waals surface area contributed by atoms with Crippen LogP contribution in [0.15, 0.2) is 24.3 Å². The van der Waals surface area contributed by atoms with Crippen LogP contribution in [0, 0.1) is 6.92 Å². The van der Waals surface area contributed by atoms with E-state index in [4.69, 9.17) is 4.74 Å². The molecule has 1 aromatic heterocycles. The van der Waals surface area contributed by atoms with E-state index in [0.29, 0.717) is 22.2 Å². The van der Waals surface area contributed by atoms with Crippen LogP contribution in [0.5, 0.6) is 5.75 Å². The molecule has 0 bridgehead atoms. The molecule has 0 unspecified atom stereocenters. The summed E-state index contributed by atoms with van der Waals surface area (Å²) in [6.45, 7) is 1.80. The molecular formula is C15H15NO4. The van der Waals surface area contributed by atoms with E-state index in [-0.39, 0.29) is 12.2 Å².